The number of hydrogen-bond acceptors (Lipinski definition) is 12. The lowest BCUT2D eigenvalue weighted by atomic mass is 10.0. The van der Waals surface area contributed by atoms with Gasteiger partial charge in [0.1, 0.15) is 28.8 Å². The van der Waals surface area contributed by atoms with E-state index in [-0.39, 0.29) is 22.9 Å². The first kappa shape index (κ1) is 31.1. The Balaban J connectivity index is 1.23. The van der Waals surface area contributed by atoms with Gasteiger partial charge < -0.3 is 30.8 Å². The summed E-state index contributed by atoms with van der Waals surface area (Å²) < 4.78 is 6.66. The number of aryl methyl sites for hydroxylation is 2. The van der Waals surface area contributed by atoms with Crippen molar-refractivity contribution >= 4 is 53.3 Å². The summed E-state index contributed by atoms with van der Waals surface area (Å²) >= 11 is 2.79. The zero-order valence-corrected chi connectivity index (χ0v) is 25.5. The fourth-order valence-electron chi connectivity index (χ4n) is 4.19. The minimum atomic E-state index is -1.15. The van der Waals surface area contributed by atoms with Crippen molar-refractivity contribution in [1.29, 1.82) is 0 Å². The molecule has 0 aliphatic carbocycles. The molecular weight excluding hydrogens is 588 g/mol. The number of nitrogens with one attached hydrogen (secondary N) is 4. The summed E-state index contributed by atoms with van der Waals surface area (Å²) in [7, 11) is 1.70. The van der Waals surface area contributed by atoms with Crippen LogP contribution in [0.25, 0.3) is 0 Å². The molecule has 0 bridgehead atoms. The minimum Gasteiger partial charge on any atom is -0.477 e. The number of β-lactam (4-membered cyclic amide) rings is 1. The number of aromatic nitrogens is 6. The molecular formula is C24H34N10O6S2. The Labute approximate surface area is 250 Å². The number of aliphatic carboxylic acids is 1. The van der Waals surface area contributed by atoms with Gasteiger partial charge in [0.15, 0.2) is 0 Å². The number of anilines is 1. The molecule has 2 aromatic rings. The number of carbonyl (C=O) groups excluding carboxylic acids is 3. The lowest BCUT2D eigenvalue weighted by Gasteiger charge is -2.49. The van der Waals surface area contributed by atoms with Crippen molar-refractivity contribution in [3.63, 3.8) is 0 Å². The van der Waals surface area contributed by atoms with Crippen molar-refractivity contribution in [3.8, 4) is 0 Å². The van der Waals surface area contributed by atoms with E-state index >= 15 is 0 Å². The number of H-pyrrole nitrogens is 1. The number of imidazole rings is 1. The van der Waals surface area contributed by atoms with Gasteiger partial charge in [-0.1, -0.05) is 11.8 Å². The third-order valence-corrected chi connectivity index (χ3v) is 8.61. The van der Waals surface area contributed by atoms with E-state index in [0.29, 0.717) is 47.6 Å². The lowest BCUT2D eigenvalue weighted by molar-refractivity contribution is -0.147. The van der Waals surface area contributed by atoms with Gasteiger partial charge in [0.05, 0.1) is 6.20 Å². The second-order valence-corrected chi connectivity index (χ2v) is 12.7. The molecule has 228 valence electrons. The largest absolute Gasteiger partial charge is 0.477 e. The van der Waals surface area contributed by atoms with E-state index < -0.39 is 29.7 Å². The van der Waals surface area contributed by atoms with E-state index in [1.165, 1.54) is 33.1 Å². The van der Waals surface area contributed by atoms with Crippen LogP contribution in [0.3, 0.4) is 0 Å². The molecule has 1 fully saturated rings. The van der Waals surface area contributed by atoms with Crippen molar-refractivity contribution in [2.24, 2.45) is 7.05 Å². The number of tetrazole rings is 1. The summed E-state index contributed by atoms with van der Waals surface area (Å²) in [6, 6.07) is -1.37. The minimum absolute atomic E-state index is 0.00206. The first-order valence-corrected chi connectivity index (χ1v) is 15.2. The molecule has 4 rings (SSSR count). The fraction of sp³-hybridized carbons (Fsp3) is 0.583. The van der Waals surface area contributed by atoms with Gasteiger partial charge in [-0.05, 0) is 56.5 Å². The Morgan fingerprint density at radius 3 is 2.76 bits per heavy atom. The Hall–Kier alpha value is -3.80. The van der Waals surface area contributed by atoms with Crippen LogP contribution in [-0.2, 0) is 32.6 Å². The van der Waals surface area contributed by atoms with E-state index in [9.17, 15) is 24.3 Å². The van der Waals surface area contributed by atoms with Crippen LogP contribution in [0.2, 0.25) is 0 Å². The number of hydrogen-bond donors (Lipinski definition) is 5. The van der Waals surface area contributed by atoms with Crippen LogP contribution in [0, 0.1) is 0 Å². The molecule has 0 aromatic carbocycles. The Morgan fingerprint density at radius 1 is 1.33 bits per heavy atom. The smallest absolute Gasteiger partial charge is 0.408 e. The maximum Gasteiger partial charge on any atom is 0.408 e. The molecule has 5 N–H and O–H groups in total. The maximum atomic E-state index is 13.0. The number of ether oxygens (including phenoxy) is 1. The normalized spacial score (nSPS) is 19.1. The number of alkyl carbamates (subject to hydrolysis) is 1. The highest BCUT2D eigenvalue weighted by molar-refractivity contribution is 8.01. The standard InChI is InChI=1S/C24H34N10O6S2/c1-12(27-23(39)40-24(2,3)4)17(35)25-8-6-7-14-9-26-21(28-14)29-15-18(36)34-16(20(37)38)13(10-41-19(15)34)11-42-22-30-31-32-33(22)5/h9,12,15,19H,6-8,10-11H2,1-5H3,(H,25,35)(H,27,39)(H,37,38)(H2,26,28,29)/t12-,15?,19-/m0/s1. The summed E-state index contributed by atoms with van der Waals surface area (Å²) in [5.74, 6) is -0.622. The van der Waals surface area contributed by atoms with Crippen LogP contribution >= 0.6 is 23.5 Å². The average molecular weight is 623 g/mol. The average Bonchev–Trinajstić information content (AvgIpc) is 3.54. The topological polar surface area (TPSA) is 209 Å². The van der Waals surface area contributed by atoms with Gasteiger partial charge in [-0.15, -0.1) is 16.9 Å². The lowest BCUT2D eigenvalue weighted by Crippen LogP contribution is -2.67. The zero-order chi connectivity index (χ0) is 30.6. The number of carbonyl (C=O) groups is 4. The first-order valence-electron chi connectivity index (χ1n) is 13.2. The molecule has 16 nitrogen and oxygen atoms in total. The van der Waals surface area contributed by atoms with E-state index in [1.54, 1.807) is 40.9 Å². The van der Waals surface area contributed by atoms with Crippen molar-refractivity contribution in [2.45, 2.75) is 68.8 Å². The third kappa shape index (κ3) is 7.53. The van der Waals surface area contributed by atoms with Crippen LogP contribution < -0.4 is 16.0 Å². The number of carboxylic acid groups (broad SMARTS) is 1. The molecule has 0 spiro atoms. The number of thioether (sulfide) groups is 2. The fourth-order valence-corrected chi connectivity index (χ4v) is 6.52. The number of fused-ring (bicyclic) bond motifs is 1. The molecule has 2 aromatic heterocycles. The Morgan fingerprint density at radius 2 is 2.10 bits per heavy atom. The van der Waals surface area contributed by atoms with Gasteiger partial charge in [0.25, 0.3) is 5.91 Å². The van der Waals surface area contributed by atoms with E-state index in [2.05, 4.69) is 41.4 Å². The highest BCUT2D eigenvalue weighted by atomic mass is 32.2. The zero-order valence-electron chi connectivity index (χ0n) is 23.8. The number of rotatable bonds is 12. The molecule has 3 atom stereocenters. The van der Waals surface area contributed by atoms with Gasteiger partial charge in [-0.25, -0.2) is 19.3 Å². The molecule has 1 saturated heterocycles. The second kappa shape index (κ2) is 13.0. The van der Waals surface area contributed by atoms with Gasteiger partial charge in [-0.3, -0.25) is 14.5 Å². The molecule has 42 heavy (non-hydrogen) atoms. The van der Waals surface area contributed by atoms with Crippen LogP contribution in [0.1, 0.15) is 39.8 Å². The molecule has 18 heteroatoms. The summed E-state index contributed by atoms with van der Waals surface area (Å²) in [5, 5.41) is 29.7. The third-order valence-electron chi connectivity index (χ3n) is 6.18. The summed E-state index contributed by atoms with van der Waals surface area (Å²) in [5.41, 5.74) is 0.778. The van der Waals surface area contributed by atoms with Crippen molar-refractivity contribution in [2.75, 3.05) is 23.4 Å². The predicted molar refractivity (Wildman–Crippen MR) is 153 cm³/mol. The summed E-state index contributed by atoms with van der Waals surface area (Å²) in [6.07, 6.45) is 2.18. The van der Waals surface area contributed by atoms with Crippen LogP contribution in [0.4, 0.5) is 10.7 Å². The first-order chi connectivity index (χ1) is 19.8. The molecule has 2 aliphatic heterocycles. The van der Waals surface area contributed by atoms with Crippen LogP contribution in [0.5, 0.6) is 0 Å². The number of carboxylic acids is 1. The van der Waals surface area contributed by atoms with Gasteiger partial charge in [-0.2, -0.15) is 0 Å². The van der Waals surface area contributed by atoms with Crippen LogP contribution in [0.15, 0.2) is 22.6 Å². The quantitative estimate of drug-likeness (QED) is 0.126. The van der Waals surface area contributed by atoms with E-state index in [0.717, 1.165) is 5.69 Å². The van der Waals surface area contributed by atoms with Crippen molar-refractivity contribution in [1.82, 2.24) is 45.7 Å². The summed E-state index contributed by atoms with van der Waals surface area (Å²) in [4.78, 5) is 58.0. The van der Waals surface area contributed by atoms with Gasteiger partial charge in [0, 0.05) is 30.8 Å². The molecule has 4 heterocycles. The molecule has 3 amide bonds. The molecule has 1 unspecified atom stereocenters. The monoisotopic (exact) mass is 622 g/mol. The van der Waals surface area contributed by atoms with E-state index in [4.69, 9.17) is 4.74 Å². The number of amides is 3. The number of aromatic amines is 1. The SMILES string of the molecule is C[C@H](NC(=O)OC(C)(C)C)C(=O)NCCCc1cnc(NC2C(=O)N3C(C(=O)O)=C(CSc4nnnn4C)CS[C@@H]23)[nH]1. The Bertz CT molecular complexity index is 1370. The molecule has 0 radical (unpaired) electrons. The molecule has 2 aliphatic rings. The van der Waals surface area contributed by atoms with Gasteiger partial charge >= 0.3 is 12.1 Å². The molecule has 0 saturated carbocycles. The maximum absolute atomic E-state index is 13.0. The Kier molecular flexibility index (Phi) is 9.65. The van der Waals surface area contributed by atoms with Crippen LogP contribution in [-0.4, -0.2) is 105 Å². The summed E-state index contributed by atoms with van der Waals surface area (Å²) in [6.45, 7) is 7.18. The predicted octanol–water partition coefficient (Wildman–Crippen LogP) is 0.722. The van der Waals surface area contributed by atoms with Gasteiger partial charge in [0.2, 0.25) is 17.0 Å². The number of nitrogens with zero attached hydrogens (tertiary/aromatic N) is 6. The van der Waals surface area contributed by atoms with E-state index in [1.807, 2.05) is 0 Å². The van der Waals surface area contributed by atoms with Crippen molar-refractivity contribution < 1.29 is 29.0 Å². The highest BCUT2D eigenvalue weighted by Crippen LogP contribution is 2.42. The highest BCUT2D eigenvalue weighted by Gasteiger charge is 2.53. The van der Waals surface area contributed by atoms with Crippen molar-refractivity contribution in [3.05, 3.63) is 23.2 Å². The second-order valence-electron chi connectivity index (χ2n) is 10.7.